The molecule has 1 atom stereocenters. The molecule has 0 unspecified atom stereocenters. The molecule has 3 heteroatoms. The summed E-state index contributed by atoms with van der Waals surface area (Å²) in [4.78, 5) is 1.17. The van der Waals surface area contributed by atoms with Crippen LogP contribution < -0.4 is 4.74 Å². The number of benzene rings is 1. The van der Waals surface area contributed by atoms with Crippen molar-refractivity contribution in [2.75, 3.05) is 13.7 Å². The van der Waals surface area contributed by atoms with E-state index in [9.17, 15) is 5.11 Å². The number of hydrogen-bond acceptors (Lipinski definition) is 3. The Hall–Kier alpha value is -0.670. The summed E-state index contributed by atoms with van der Waals surface area (Å²) in [5.74, 6) is 1.34. The van der Waals surface area contributed by atoms with Gasteiger partial charge in [0.2, 0.25) is 0 Å². The van der Waals surface area contributed by atoms with Gasteiger partial charge in [0.05, 0.1) is 13.7 Å². The second kappa shape index (κ2) is 6.03. The van der Waals surface area contributed by atoms with E-state index in [1.807, 2.05) is 24.3 Å². The van der Waals surface area contributed by atoms with E-state index in [1.165, 1.54) is 4.90 Å². The molecule has 0 aliphatic carbocycles. The SMILES string of the molecule is COc1ccc(S[C@@H](CO)C(C)C)cc1. The molecule has 0 heterocycles. The zero-order valence-corrected chi connectivity index (χ0v) is 10.3. The Balaban J connectivity index is 2.63. The van der Waals surface area contributed by atoms with E-state index in [0.29, 0.717) is 5.92 Å². The lowest BCUT2D eigenvalue weighted by Crippen LogP contribution is -2.15. The Bertz CT molecular complexity index is 282. The van der Waals surface area contributed by atoms with Crippen LogP contribution in [-0.2, 0) is 0 Å². The van der Waals surface area contributed by atoms with E-state index in [2.05, 4.69) is 13.8 Å². The van der Waals surface area contributed by atoms with Gasteiger partial charge in [0, 0.05) is 10.1 Å². The number of methoxy groups -OCH3 is 1. The molecule has 1 rings (SSSR count). The second-order valence-corrected chi connectivity index (χ2v) is 5.07. The highest BCUT2D eigenvalue weighted by molar-refractivity contribution is 8.00. The molecule has 1 aromatic carbocycles. The predicted molar refractivity (Wildman–Crippen MR) is 64.6 cm³/mol. The summed E-state index contributed by atoms with van der Waals surface area (Å²) in [6, 6.07) is 7.93. The maximum Gasteiger partial charge on any atom is 0.118 e. The van der Waals surface area contributed by atoms with E-state index in [-0.39, 0.29) is 11.9 Å². The Morgan fingerprint density at radius 3 is 2.27 bits per heavy atom. The summed E-state index contributed by atoms with van der Waals surface area (Å²) in [5.41, 5.74) is 0. The Morgan fingerprint density at radius 1 is 1.27 bits per heavy atom. The predicted octanol–water partition coefficient (Wildman–Crippen LogP) is 2.80. The van der Waals surface area contributed by atoms with Gasteiger partial charge in [-0.1, -0.05) is 13.8 Å². The van der Waals surface area contributed by atoms with Crippen molar-refractivity contribution in [2.24, 2.45) is 5.92 Å². The quantitative estimate of drug-likeness (QED) is 0.783. The molecule has 0 aliphatic heterocycles. The van der Waals surface area contributed by atoms with Gasteiger partial charge in [0.1, 0.15) is 5.75 Å². The van der Waals surface area contributed by atoms with Gasteiger partial charge in [-0.05, 0) is 30.2 Å². The minimum atomic E-state index is 0.217. The van der Waals surface area contributed by atoms with E-state index in [0.717, 1.165) is 5.75 Å². The molecule has 0 saturated carbocycles. The van der Waals surface area contributed by atoms with E-state index < -0.39 is 0 Å². The third-order valence-electron chi connectivity index (χ3n) is 2.27. The lowest BCUT2D eigenvalue weighted by molar-refractivity contribution is 0.275. The lowest BCUT2D eigenvalue weighted by atomic mass is 10.1. The van der Waals surface area contributed by atoms with Crippen molar-refractivity contribution in [1.29, 1.82) is 0 Å². The summed E-state index contributed by atoms with van der Waals surface area (Å²) in [7, 11) is 1.66. The Labute approximate surface area is 95.7 Å². The van der Waals surface area contributed by atoms with Crippen molar-refractivity contribution in [1.82, 2.24) is 0 Å². The van der Waals surface area contributed by atoms with Gasteiger partial charge < -0.3 is 9.84 Å². The Morgan fingerprint density at radius 2 is 1.87 bits per heavy atom. The highest BCUT2D eigenvalue weighted by Gasteiger charge is 2.13. The van der Waals surface area contributed by atoms with Crippen molar-refractivity contribution in [3.8, 4) is 5.75 Å². The minimum absolute atomic E-state index is 0.217. The molecule has 2 nitrogen and oxygen atoms in total. The molecule has 0 saturated heterocycles. The van der Waals surface area contributed by atoms with Gasteiger partial charge in [-0.3, -0.25) is 0 Å². The fourth-order valence-corrected chi connectivity index (χ4v) is 2.20. The number of aliphatic hydroxyl groups is 1. The van der Waals surface area contributed by atoms with Gasteiger partial charge in [-0.15, -0.1) is 11.8 Å². The molecule has 0 bridgehead atoms. The summed E-state index contributed by atoms with van der Waals surface area (Å²) >= 11 is 1.71. The molecule has 0 spiro atoms. The molecule has 1 N–H and O–H groups in total. The third kappa shape index (κ3) is 3.76. The maximum atomic E-state index is 9.21. The zero-order valence-electron chi connectivity index (χ0n) is 9.43. The van der Waals surface area contributed by atoms with Crippen molar-refractivity contribution < 1.29 is 9.84 Å². The van der Waals surface area contributed by atoms with Crippen LogP contribution in [0.4, 0.5) is 0 Å². The molecule has 0 fully saturated rings. The molecular formula is C12H18O2S. The number of hydrogen-bond donors (Lipinski definition) is 1. The Kier molecular flexibility index (Phi) is 4.99. The van der Waals surface area contributed by atoms with Crippen LogP contribution in [0.25, 0.3) is 0 Å². The summed E-state index contributed by atoms with van der Waals surface area (Å²) in [6.07, 6.45) is 0. The topological polar surface area (TPSA) is 29.5 Å². The first kappa shape index (κ1) is 12.4. The molecule has 0 amide bonds. The smallest absolute Gasteiger partial charge is 0.118 e. The van der Waals surface area contributed by atoms with Crippen molar-refractivity contribution in [2.45, 2.75) is 24.0 Å². The molecule has 15 heavy (non-hydrogen) atoms. The van der Waals surface area contributed by atoms with Gasteiger partial charge in [-0.25, -0.2) is 0 Å². The average molecular weight is 226 g/mol. The fraction of sp³-hybridized carbons (Fsp3) is 0.500. The van der Waals surface area contributed by atoms with Crippen LogP contribution in [-0.4, -0.2) is 24.1 Å². The number of ether oxygens (including phenoxy) is 1. The summed E-state index contributed by atoms with van der Waals surface area (Å²) < 4.78 is 5.09. The lowest BCUT2D eigenvalue weighted by Gasteiger charge is -2.17. The molecule has 1 aromatic rings. The molecule has 0 aromatic heterocycles. The van der Waals surface area contributed by atoms with Gasteiger partial charge in [-0.2, -0.15) is 0 Å². The fourth-order valence-electron chi connectivity index (χ4n) is 1.21. The largest absolute Gasteiger partial charge is 0.497 e. The first-order chi connectivity index (χ1) is 7.17. The van der Waals surface area contributed by atoms with Crippen LogP contribution in [0, 0.1) is 5.92 Å². The van der Waals surface area contributed by atoms with Crippen LogP contribution in [0.1, 0.15) is 13.8 Å². The third-order valence-corrected chi connectivity index (χ3v) is 3.81. The van der Waals surface area contributed by atoms with Gasteiger partial charge in [0.25, 0.3) is 0 Å². The van der Waals surface area contributed by atoms with Crippen molar-refractivity contribution in [3.63, 3.8) is 0 Å². The molecular weight excluding hydrogens is 208 g/mol. The average Bonchev–Trinajstić information content (AvgIpc) is 2.26. The number of aliphatic hydroxyl groups excluding tert-OH is 1. The zero-order chi connectivity index (χ0) is 11.3. The van der Waals surface area contributed by atoms with Gasteiger partial charge in [0.15, 0.2) is 0 Å². The van der Waals surface area contributed by atoms with Crippen LogP contribution in [0.5, 0.6) is 5.75 Å². The molecule has 84 valence electrons. The molecule has 0 aliphatic rings. The van der Waals surface area contributed by atoms with Crippen molar-refractivity contribution >= 4 is 11.8 Å². The first-order valence-electron chi connectivity index (χ1n) is 5.09. The van der Waals surface area contributed by atoms with E-state index >= 15 is 0 Å². The van der Waals surface area contributed by atoms with Crippen LogP contribution in [0.3, 0.4) is 0 Å². The summed E-state index contributed by atoms with van der Waals surface area (Å²) in [6.45, 7) is 4.46. The van der Waals surface area contributed by atoms with E-state index in [4.69, 9.17) is 4.74 Å². The van der Waals surface area contributed by atoms with Gasteiger partial charge >= 0.3 is 0 Å². The number of thioether (sulfide) groups is 1. The van der Waals surface area contributed by atoms with Crippen molar-refractivity contribution in [3.05, 3.63) is 24.3 Å². The monoisotopic (exact) mass is 226 g/mol. The highest BCUT2D eigenvalue weighted by atomic mass is 32.2. The first-order valence-corrected chi connectivity index (χ1v) is 5.97. The second-order valence-electron chi connectivity index (χ2n) is 3.76. The van der Waals surface area contributed by atoms with Crippen LogP contribution >= 0.6 is 11.8 Å². The number of rotatable bonds is 5. The molecule has 0 radical (unpaired) electrons. The minimum Gasteiger partial charge on any atom is -0.497 e. The summed E-state index contributed by atoms with van der Waals surface area (Å²) in [5, 5.41) is 9.48. The standard InChI is InChI=1S/C12H18O2S/c1-9(2)12(8-13)15-11-6-4-10(14-3)5-7-11/h4-7,9,12-13H,8H2,1-3H3/t12-/m0/s1. The van der Waals surface area contributed by atoms with Crippen LogP contribution in [0.2, 0.25) is 0 Å². The highest BCUT2D eigenvalue weighted by Crippen LogP contribution is 2.28. The maximum absolute atomic E-state index is 9.21. The van der Waals surface area contributed by atoms with E-state index in [1.54, 1.807) is 18.9 Å². The normalized spacial score (nSPS) is 12.9. The van der Waals surface area contributed by atoms with Crippen LogP contribution in [0.15, 0.2) is 29.2 Å².